The molecule has 0 bridgehead atoms. The lowest BCUT2D eigenvalue weighted by molar-refractivity contribution is 1.05. The van der Waals surface area contributed by atoms with Gasteiger partial charge < -0.3 is 5.73 Å². The summed E-state index contributed by atoms with van der Waals surface area (Å²) in [5, 5.41) is 4.14. The Morgan fingerprint density at radius 3 is 2.82 bits per heavy atom. The average Bonchev–Trinajstić information content (AvgIpc) is 3.00. The Balaban J connectivity index is 2.10. The fourth-order valence-electron chi connectivity index (χ4n) is 1.66. The molecule has 0 atom stereocenters. The van der Waals surface area contributed by atoms with Gasteiger partial charge in [0.05, 0.1) is 30.1 Å². The van der Waals surface area contributed by atoms with E-state index in [1.807, 2.05) is 22.2 Å². The predicted octanol–water partition coefficient (Wildman–Crippen LogP) is 2.58. The summed E-state index contributed by atoms with van der Waals surface area (Å²) in [6.07, 6.45) is 5.37. The molecule has 0 saturated carbocycles. The summed E-state index contributed by atoms with van der Waals surface area (Å²) in [5.41, 5.74) is 8.75. The first kappa shape index (κ1) is 10.0. The standard InChI is InChI=1S/C12H10N4S/c13-12-2-1-10(5-15-12)16-8-14-6-11(16)9-3-4-17-7-9/h1-8H,(H2,13,15). The van der Waals surface area contributed by atoms with Gasteiger partial charge in [-0.25, -0.2) is 9.97 Å². The Hall–Kier alpha value is -2.14. The van der Waals surface area contributed by atoms with E-state index in [9.17, 15) is 0 Å². The molecule has 3 aromatic heterocycles. The highest BCUT2D eigenvalue weighted by Gasteiger charge is 2.07. The number of hydrogen-bond donors (Lipinski definition) is 1. The van der Waals surface area contributed by atoms with Crippen LogP contribution in [0.15, 0.2) is 47.7 Å². The molecule has 0 unspecified atom stereocenters. The first-order valence-electron chi connectivity index (χ1n) is 5.11. The molecule has 0 radical (unpaired) electrons. The average molecular weight is 242 g/mol. The van der Waals surface area contributed by atoms with Gasteiger partial charge in [0.1, 0.15) is 5.82 Å². The number of nitrogens with two attached hydrogens (primary N) is 1. The number of nitrogens with zero attached hydrogens (tertiary/aromatic N) is 3. The van der Waals surface area contributed by atoms with Gasteiger partial charge in [-0.05, 0) is 23.6 Å². The molecule has 0 aliphatic carbocycles. The highest BCUT2D eigenvalue weighted by atomic mass is 32.1. The van der Waals surface area contributed by atoms with Crippen molar-refractivity contribution in [3.63, 3.8) is 0 Å². The maximum Gasteiger partial charge on any atom is 0.123 e. The van der Waals surface area contributed by atoms with Crippen LogP contribution in [-0.4, -0.2) is 14.5 Å². The Morgan fingerprint density at radius 2 is 2.12 bits per heavy atom. The van der Waals surface area contributed by atoms with Crippen molar-refractivity contribution >= 4 is 17.2 Å². The summed E-state index contributed by atoms with van der Waals surface area (Å²) < 4.78 is 1.99. The highest BCUT2D eigenvalue weighted by Crippen LogP contribution is 2.24. The van der Waals surface area contributed by atoms with Gasteiger partial charge in [-0.1, -0.05) is 0 Å². The molecule has 0 spiro atoms. The van der Waals surface area contributed by atoms with Crippen molar-refractivity contribution in [3.8, 4) is 16.9 Å². The van der Waals surface area contributed by atoms with E-state index in [1.54, 1.807) is 29.9 Å². The van der Waals surface area contributed by atoms with Crippen molar-refractivity contribution in [1.29, 1.82) is 0 Å². The first-order valence-corrected chi connectivity index (χ1v) is 6.06. The smallest absolute Gasteiger partial charge is 0.123 e. The Labute approximate surface area is 102 Å². The molecule has 0 aliphatic rings. The normalized spacial score (nSPS) is 10.6. The minimum absolute atomic E-state index is 0.519. The molecule has 3 rings (SSSR count). The molecular formula is C12H10N4S. The molecule has 3 aromatic rings. The van der Waals surface area contributed by atoms with Gasteiger partial charge in [-0.2, -0.15) is 11.3 Å². The van der Waals surface area contributed by atoms with Gasteiger partial charge in [0.25, 0.3) is 0 Å². The number of aromatic nitrogens is 3. The zero-order valence-corrected chi connectivity index (χ0v) is 9.76. The minimum atomic E-state index is 0.519. The van der Waals surface area contributed by atoms with Gasteiger partial charge in [0.2, 0.25) is 0 Å². The minimum Gasteiger partial charge on any atom is -0.384 e. The monoisotopic (exact) mass is 242 g/mol. The lowest BCUT2D eigenvalue weighted by Gasteiger charge is -2.06. The SMILES string of the molecule is Nc1ccc(-n2cncc2-c2ccsc2)cn1. The van der Waals surface area contributed by atoms with Crippen LogP contribution in [0.4, 0.5) is 5.82 Å². The molecule has 5 heteroatoms. The third kappa shape index (κ3) is 1.81. The van der Waals surface area contributed by atoms with Crippen LogP contribution in [0.1, 0.15) is 0 Å². The lowest BCUT2D eigenvalue weighted by atomic mass is 10.2. The van der Waals surface area contributed by atoms with Crippen molar-refractivity contribution < 1.29 is 0 Å². The second kappa shape index (κ2) is 4.03. The molecule has 0 saturated heterocycles. The summed E-state index contributed by atoms with van der Waals surface area (Å²) in [7, 11) is 0. The van der Waals surface area contributed by atoms with Crippen LogP contribution >= 0.6 is 11.3 Å². The Morgan fingerprint density at radius 1 is 1.18 bits per heavy atom. The molecule has 84 valence electrons. The predicted molar refractivity (Wildman–Crippen MR) is 69.1 cm³/mol. The molecule has 3 heterocycles. The van der Waals surface area contributed by atoms with Crippen LogP contribution in [0.3, 0.4) is 0 Å². The number of pyridine rings is 1. The maximum absolute atomic E-state index is 5.58. The highest BCUT2D eigenvalue weighted by molar-refractivity contribution is 7.08. The summed E-state index contributed by atoms with van der Waals surface area (Å²) in [6, 6.07) is 5.79. The number of nitrogen functional groups attached to an aromatic ring is 1. The molecule has 0 aromatic carbocycles. The van der Waals surface area contributed by atoms with Gasteiger partial charge in [-0.15, -0.1) is 0 Å². The fraction of sp³-hybridized carbons (Fsp3) is 0. The number of thiophene rings is 1. The van der Waals surface area contributed by atoms with E-state index in [2.05, 4.69) is 21.4 Å². The molecule has 0 aliphatic heterocycles. The van der Waals surface area contributed by atoms with E-state index < -0.39 is 0 Å². The molecule has 4 nitrogen and oxygen atoms in total. The third-order valence-corrected chi connectivity index (χ3v) is 3.19. The fourth-order valence-corrected chi connectivity index (χ4v) is 2.31. The van der Waals surface area contributed by atoms with Crippen molar-refractivity contribution in [2.45, 2.75) is 0 Å². The van der Waals surface area contributed by atoms with Crippen molar-refractivity contribution in [2.24, 2.45) is 0 Å². The van der Waals surface area contributed by atoms with E-state index in [0.29, 0.717) is 5.82 Å². The van der Waals surface area contributed by atoms with Crippen LogP contribution in [0.5, 0.6) is 0 Å². The Kier molecular flexibility index (Phi) is 2.38. The molecule has 0 fully saturated rings. The van der Waals surface area contributed by atoms with Crippen molar-refractivity contribution in [3.05, 3.63) is 47.7 Å². The molecule has 2 N–H and O–H groups in total. The third-order valence-electron chi connectivity index (χ3n) is 2.50. The quantitative estimate of drug-likeness (QED) is 0.751. The zero-order valence-electron chi connectivity index (χ0n) is 8.95. The van der Waals surface area contributed by atoms with Gasteiger partial charge in [0.15, 0.2) is 0 Å². The summed E-state index contributed by atoms with van der Waals surface area (Å²) in [6.45, 7) is 0. The van der Waals surface area contributed by atoms with E-state index >= 15 is 0 Å². The summed E-state index contributed by atoms with van der Waals surface area (Å²) >= 11 is 1.67. The van der Waals surface area contributed by atoms with Crippen molar-refractivity contribution in [1.82, 2.24) is 14.5 Å². The largest absolute Gasteiger partial charge is 0.384 e. The van der Waals surface area contributed by atoms with Gasteiger partial charge in [0, 0.05) is 10.9 Å². The lowest BCUT2D eigenvalue weighted by Crippen LogP contribution is -1.97. The van der Waals surface area contributed by atoms with Crippen LogP contribution < -0.4 is 5.73 Å². The van der Waals surface area contributed by atoms with E-state index in [4.69, 9.17) is 5.73 Å². The van der Waals surface area contributed by atoms with E-state index in [-0.39, 0.29) is 0 Å². The Bertz CT molecular complexity index is 610. The zero-order chi connectivity index (χ0) is 11.7. The van der Waals surface area contributed by atoms with E-state index in [1.165, 1.54) is 0 Å². The summed E-state index contributed by atoms with van der Waals surface area (Å²) in [4.78, 5) is 8.27. The first-order chi connectivity index (χ1) is 8.34. The summed E-state index contributed by atoms with van der Waals surface area (Å²) in [5.74, 6) is 0.519. The number of hydrogen-bond acceptors (Lipinski definition) is 4. The number of rotatable bonds is 2. The number of anilines is 1. The van der Waals surface area contributed by atoms with Crippen LogP contribution in [0.25, 0.3) is 16.9 Å². The van der Waals surface area contributed by atoms with E-state index in [0.717, 1.165) is 16.9 Å². The molecular weight excluding hydrogens is 232 g/mol. The second-order valence-electron chi connectivity index (χ2n) is 3.60. The van der Waals surface area contributed by atoms with Crippen LogP contribution in [0, 0.1) is 0 Å². The molecule has 17 heavy (non-hydrogen) atoms. The van der Waals surface area contributed by atoms with Gasteiger partial charge in [-0.3, -0.25) is 4.57 Å². The van der Waals surface area contributed by atoms with Crippen LogP contribution in [0.2, 0.25) is 0 Å². The van der Waals surface area contributed by atoms with Gasteiger partial charge >= 0.3 is 0 Å². The van der Waals surface area contributed by atoms with Crippen LogP contribution in [-0.2, 0) is 0 Å². The number of imidazole rings is 1. The topological polar surface area (TPSA) is 56.7 Å². The second-order valence-corrected chi connectivity index (χ2v) is 4.38. The molecule has 0 amide bonds. The van der Waals surface area contributed by atoms with Crippen molar-refractivity contribution in [2.75, 3.05) is 5.73 Å². The maximum atomic E-state index is 5.58.